The van der Waals surface area contributed by atoms with Crippen LogP contribution in [0.2, 0.25) is 0 Å². The summed E-state index contributed by atoms with van der Waals surface area (Å²) in [5.74, 6) is 1.16. The maximum Gasteiger partial charge on any atom is 0.335 e. The Balaban J connectivity index is 1.76. The van der Waals surface area contributed by atoms with E-state index in [1.165, 1.54) is 0 Å². The van der Waals surface area contributed by atoms with Gasteiger partial charge in [-0.1, -0.05) is 0 Å². The van der Waals surface area contributed by atoms with Gasteiger partial charge in [0.05, 0.1) is 25.3 Å². The van der Waals surface area contributed by atoms with Gasteiger partial charge in [0.2, 0.25) is 0 Å². The van der Waals surface area contributed by atoms with Crippen molar-refractivity contribution in [2.75, 3.05) is 19.5 Å². The molecule has 0 atom stereocenters. The van der Waals surface area contributed by atoms with E-state index in [0.29, 0.717) is 17.9 Å². The lowest BCUT2D eigenvalue weighted by molar-refractivity contribution is 0.0697. The van der Waals surface area contributed by atoms with Crippen LogP contribution in [0.25, 0.3) is 21.7 Å². The first-order valence-corrected chi connectivity index (χ1v) is 8.96. The third kappa shape index (κ3) is 3.50. The Kier molecular flexibility index (Phi) is 4.87. The number of pyridine rings is 2. The molecule has 0 aliphatic heterocycles. The molecule has 7 heteroatoms. The smallest absolute Gasteiger partial charge is 0.335 e. The van der Waals surface area contributed by atoms with Crippen LogP contribution < -0.4 is 14.8 Å². The van der Waals surface area contributed by atoms with Crippen LogP contribution in [0.15, 0.2) is 54.9 Å². The number of methoxy groups -OCH3 is 2. The number of rotatable bonds is 6. The normalized spacial score (nSPS) is 10.8. The lowest BCUT2D eigenvalue weighted by Crippen LogP contribution is -2.05. The number of fused-ring (bicyclic) bond motifs is 3. The number of nitrogens with zero attached hydrogens (tertiary/aromatic N) is 2. The van der Waals surface area contributed by atoms with E-state index in [0.717, 1.165) is 33.2 Å². The van der Waals surface area contributed by atoms with Crippen LogP contribution in [0.4, 0.5) is 5.82 Å². The van der Waals surface area contributed by atoms with Crippen LogP contribution in [-0.4, -0.2) is 35.3 Å². The fourth-order valence-electron chi connectivity index (χ4n) is 3.29. The predicted octanol–water partition coefficient (Wildman–Crippen LogP) is 4.11. The molecule has 0 unspecified atom stereocenters. The van der Waals surface area contributed by atoms with Crippen molar-refractivity contribution < 1.29 is 19.4 Å². The molecular formula is C22H19N3O4. The SMILES string of the molecule is COc1ccc(CNc2nc3ccc(C(=O)O)cc3c3cnccc23)c(OC)c1. The number of benzene rings is 2. The molecule has 0 bridgehead atoms. The summed E-state index contributed by atoms with van der Waals surface area (Å²) in [7, 11) is 3.23. The van der Waals surface area contributed by atoms with Crippen LogP contribution in [0.1, 0.15) is 15.9 Å². The number of carboxylic acids is 1. The molecule has 2 heterocycles. The lowest BCUT2D eigenvalue weighted by atomic mass is 10.1. The molecule has 146 valence electrons. The van der Waals surface area contributed by atoms with Gasteiger partial charge < -0.3 is 19.9 Å². The fourth-order valence-corrected chi connectivity index (χ4v) is 3.29. The first kappa shape index (κ1) is 18.5. The Morgan fingerprint density at radius 3 is 2.66 bits per heavy atom. The Labute approximate surface area is 166 Å². The monoisotopic (exact) mass is 389 g/mol. The van der Waals surface area contributed by atoms with E-state index in [1.807, 2.05) is 24.3 Å². The molecule has 0 fully saturated rings. The molecule has 0 saturated carbocycles. The third-order valence-electron chi connectivity index (χ3n) is 4.78. The van der Waals surface area contributed by atoms with Gasteiger partial charge in [-0.05, 0) is 36.4 Å². The van der Waals surface area contributed by atoms with Crippen LogP contribution in [0, 0.1) is 0 Å². The second-order valence-corrected chi connectivity index (χ2v) is 6.45. The largest absolute Gasteiger partial charge is 0.497 e. The van der Waals surface area contributed by atoms with Crippen molar-refractivity contribution in [3.63, 3.8) is 0 Å². The molecule has 2 aromatic heterocycles. The molecule has 0 saturated heterocycles. The zero-order valence-electron chi connectivity index (χ0n) is 16.0. The van der Waals surface area contributed by atoms with E-state index in [-0.39, 0.29) is 5.56 Å². The van der Waals surface area contributed by atoms with Crippen molar-refractivity contribution in [1.82, 2.24) is 9.97 Å². The summed E-state index contributed by atoms with van der Waals surface area (Å²) in [5, 5.41) is 15.1. The molecule has 0 spiro atoms. The molecule has 2 aromatic carbocycles. The van der Waals surface area contributed by atoms with E-state index >= 15 is 0 Å². The summed E-state index contributed by atoms with van der Waals surface area (Å²) >= 11 is 0. The van der Waals surface area contributed by atoms with Gasteiger partial charge >= 0.3 is 5.97 Å². The summed E-state index contributed by atoms with van der Waals surface area (Å²) in [5.41, 5.74) is 1.87. The minimum absolute atomic E-state index is 0.216. The third-order valence-corrected chi connectivity index (χ3v) is 4.78. The zero-order chi connectivity index (χ0) is 20.4. The van der Waals surface area contributed by atoms with E-state index in [9.17, 15) is 9.90 Å². The van der Waals surface area contributed by atoms with Gasteiger partial charge in [-0.25, -0.2) is 9.78 Å². The fraction of sp³-hybridized carbons (Fsp3) is 0.136. The summed E-state index contributed by atoms with van der Waals surface area (Å²) in [6, 6.07) is 12.4. The van der Waals surface area contributed by atoms with E-state index in [1.54, 1.807) is 44.8 Å². The molecule has 0 aliphatic rings. The topological polar surface area (TPSA) is 93.6 Å². The van der Waals surface area contributed by atoms with Crippen molar-refractivity contribution >= 4 is 33.5 Å². The highest BCUT2D eigenvalue weighted by molar-refractivity contribution is 6.11. The number of hydrogen-bond acceptors (Lipinski definition) is 6. The summed E-state index contributed by atoms with van der Waals surface area (Å²) < 4.78 is 10.7. The Morgan fingerprint density at radius 1 is 1.03 bits per heavy atom. The van der Waals surface area contributed by atoms with Crippen LogP contribution in [0.5, 0.6) is 11.5 Å². The molecule has 0 radical (unpaired) electrons. The van der Waals surface area contributed by atoms with Gasteiger partial charge in [-0.2, -0.15) is 0 Å². The molecule has 0 amide bonds. The number of carbonyl (C=O) groups is 1. The second kappa shape index (κ2) is 7.63. The minimum atomic E-state index is -0.974. The van der Waals surface area contributed by atoms with Gasteiger partial charge in [0.1, 0.15) is 17.3 Å². The number of aromatic nitrogens is 2. The van der Waals surface area contributed by atoms with E-state index < -0.39 is 5.97 Å². The first-order chi connectivity index (χ1) is 14.1. The predicted molar refractivity (Wildman–Crippen MR) is 111 cm³/mol. The number of nitrogens with one attached hydrogen (secondary N) is 1. The summed E-state index contributed by atoms with van der Waals surface area (Å²) in [4.78, 5) is 20.3. The lowest BCUT2D eigenvalue weighted by Gasteiger charge is -2.14. The highest BCUT2D eigenvalue weighted by Crippen LogP contribution is 2.31. The van der Waals surface area contributed by atoms with Crippen molar-refractivity contribution in [2.45, 2.75) is 6.54 Å². The van der Waals surface area contributed by atoms with Gasteiger partial charge in [-0.15, -0.1) is 0 Å². The molecule has 29 heavy (non-hydrogen) atoms. The maximum absolute atomic E-state index is 11.3. The van der Waals surface area contributed by atoms with Crippen LogP contribution in [-0.2, 0) is 6.54 Å². The Morgan fingerprint density at radius 2 is 1.90 bits per heavy atom. The van der Waals surface area contributed by atoms with E-state index in [2.05, 4.69) is 10.3 Å². The second-order valence-electron chi connectivity index (χ2n) is 6.45. The van der Waals surface area contributed by atoms with Crippen LogP contribution in [0.3, 0.4) is 0 Å². The highest BCUT2D eigenvalue weighted by atomic mass is 16.5. The number of ether oxygens (including phenoxy) is 2. The van der Waals surface area contributed by atoms with E-state index in [4.69, 9.17) is 14.5 Å². The average molecular weight is 389 g/mol. The molecule has 4 rings (SSSR count). The molecular weight excluding hydrogens is 370 g/mol. The molecule has 2 N–H and O–H groups in total. The minimum Gasteiger partial charge on any atom is -0.497 e. The zero-order valence-corrected chi connectivity index (χ0v) is 16.0. The van der Waals surface area contributed by atoms with Gasteiger partial charge in [-0.3, -0.25) is 4.98 Å². The van der Waals surface area contributed by atoms with Gasteiger partial charge in [0, 0.05) is 46.7 Å². The standard InChI is InChI=1S/C22H19N3O4/c1-28-15-5-3-14(20(10-15)29-2)11-24-21-16-7-8-23-12-18(16)17-9-13(22(26)27)4-6-19(17)25-21/h3-10,12H,11H2,1-2H3,(H,24,25)(H,26,27). The summed E-state index contributed by atoms with van der Waals surface area (Å²) in [6.07, 6.45) is 3.42. The Bertz CT molecular complexity index is 1220. The molecule has 7 nitrogen and oxygen atoms in total. The van der Waals surface area contributed by atoms with Crippen molar-refractivity contribution in [3.8, 4) is 11.5 Å². The molecule has 4 aromatic rings. The number of anilines is 1. The Hall–Kier alpha value is -3.87. The number of hydrogen-bond donors (Lipinski definition) is 2. The maximum atomic E-state index is 11.3. The van der Waals surface area contributed by atoms with Gasteiger partial charge in [0.25, 0.3) is 0 Å². The number of aromatic carboxylic acids is 1. The van der Waals surface area contributed by atoms with Gasteiger partial charge in [0.15, 0.2) is 0 Å². The quantitative estimate of drug-likeness (QED) is 0.479. The van der Waals surface area contributed by atoms with Crippen molar-refractivity contribution in [2.24, 2.45) is 0 Å². The first-order valence-electron chi connectivity index (χ1n) is 8.96. The summed E-state index contributed by atoms with van der Waals surface area (Å²) in [6.45, 7) is 0.496. The molecule has 0 aliphatic carbocycles. The van der Waals surface area contributed by atoms with Crippen LogP contribution >= 0.6 is 0 Å². The average Bonchev–Trinajstić information content (AvgIpc) is 2.76. The van der Waals surface area contributed by atoms with Crippen molar-refractivity contribution in [3.05, 3.63) is 66.0 Å². The van der Waals surface area contributed by atoms with Crippen molar-refractivity contribution in [1.29, 1.82) is 0 Å². The number of carboxylic acid groups (broad SMARTS) is 1. The highest BCUT2D eigenvalue weighted by Gasteiger charge is 2.12.